The van der Waals surface area contributed by atoms with Crippen molar-refractivity contribution in [3.8, 4) is 5.75 Å². The molecule has 2 unspecified atom stereocenters. The first-order valence-corrected chi connectivity index (χ1v) is 7.38. The van der Waals surface area contributed by atoms with E-state index < -0.39 is 11.9 Å². The lowest BCUT2D eigenvalue weighted by Crippen LogP contribution is -2.32. The molecule has 5 nitrogen and oxygen atoms in total. The van der Waals surface area contributed by atoms with Crippen LogP contribution in [0.4, 0.5) is 0 Å². The number of aliphatic carboxylic acids is 1. The van der Waals surface area contributed by atoms with Gasteiger partial charge in [-0.3, -0.25) is 9.59 Å². The Bertz CT molecular complexity index is 567. The molecule has 0 radical (unpaired) electrons. The summed E-state index contributed by atoms with van der Waals surface area (Å²) in [6.45, 7) is 2.46. The third-order valence-electron chi connectivity index (χ3n) is 4.13. The molecule has 2 aliphatic rings. The Morgan fingerprint density at radius 2 is 2.19 bits per heavy atom. The van der Waals surface area contributed by atoms with E-state index in [4.69, 9.17) is 4.74 Å². The Morgan fingerprint density at radius 1 is 1.43 bits per heavy atom. The highest BCUT2D eigenvalue weighted by Crippen LogP contribution is 2.45. The van der Waals surface area contributed by atoms with Gasteiger partial charge in [-0.2, -0.15) is 0 Å². The second-order valence-corrected chi connectivity index (χ2v) is 5.63. The number of carbonyl (C=O) groups excluding carboxylic acids is 1. The van der Waals surface area contributed by atoms with E-state index in [2.05, 4.69) is 0 Å². The predicted octanol–water partition coefficient (Wildman–Crippen LogP) is 2.22. The number of nitrogens with zero attached hydrogens (tertiary/aromatic N) is 1. The maximum Gasteiger partial charge on any atom is 0.309 e. The quantitative estimate of drug-likeness (QED) is 0.902. The van der Waals surface area contributed by atoms with Gasteiger partial charge in [0.15, 0.2) is 0 Å². The first-order valence-electron chi connectivity index (χ1n) is 7.38. The third kappa shape index (κ3) is 2.60. The van der Waals surface area contributed by atoms with Gasteiger partial charge in [0.2, 0.25) is 5.91 Å². The van der Waals surface area contributed by atoms with E-state index in [0.29, 0.717) is 12.4 Å². The predicted molar refractivity (Wildman–Crippen MR) is 76.0 cm³/mol. The second kappa shape index (κ2) is 5.39. The van der Waals surface area contributed by atoms with Gasteiger partial charge in [0.05, 0.1) is 18.6 Å². The van der Waals surface area contributed by atoms with Crippen LogP contribution in [0.5, 0.6) is 5.75 Å². The average Bonchev–Trinajstić information content (AvgIpc) is 3.22. The molecule has 1 saturated carbocycles. The highest BCUT2D eigenvalue weighted by Gasteiger charge is 2.49. The highest BCUT2D eigenvalue weighted by molar-refractivity contribution is 5.87. The molecule has 1 aliphatic carbocycles. The summed E-state index contributed by atoms with van der Waals surface area (Å²) in [7, 11) is 0. The minimum Gasteiger partial charge on any atom is -0.494 e. The van der Waals surface area contributed by atoms with E-state index in [0.717, 1.165) is 18.4 Å². The van der Waals surface area contributed by atoms with Crippen molar-refractivity contribution in [3.05, 3.63) is 29.8 Å². The van der Waals surface area contributed by atoms with E-state index >= 15 is 0 Å². The summed E-state index contributed by atoms with van der Waals surface area (Å²) in [6, 6.07) is 7.29. The van der Waals surface area contributed by atoms with Crippen LogP contribution in [-0.4, -0.2) is 34.5 Å². The zero-order valence-corrected chi connectivity index (χ0v) is 12.0. The summed E-state index contributed by atoms with van der Waals surface area (Å²) in [5.74, 6) is -0.903. The fraction of sp³-hybridized carbons (Fsp3) is 0.500. The van der Waals surface area contributed by atoms with Crippen molar-refractivity contribution in [2.75, 3.05) is 6.61 Å². The number of rotatable bonds is 5. The lowest BCUT2D eigenvalue weighted by molar-refractivity contribution is -0.142. The van der Waals surface area contributed by atoms with Crippen LogP contribution in [0.25, 0.3) is 0 Å². The molecule has 21 heavy (non-hydrogen) atoms. The van der Waals surface area contributed by atoms with Gasteiger partial charge in [-0.15, -0.1) is 0 Å². The molecule has 0 bridgehead atoms. The Morgan fingerprint density at radius 3 is 2.81 bits per heavy atom. The van der Waals surface area contributed by atoms with Gasteiger partial charge in [0, 0.05) is 12.5 Å². The molecule has 1 saturated heterocycles. The largest absolute Gasteiger partial charge is 0.494 e. The molecule has 1 aromatic rings. The van der Waals surface area contributed by atoms with Crippen LogP contribution in [0.3, 0.4) is 0 Å². The second-order valence-electron chi connectivity index (χ2n) is 5.63. The van der Waals surface area contributed by atoms with Crippen molar-refractivity contribution >= 4 is 11.9 Å². The molecular formula is C16H19NO4. The van der Waals surface area contributed by atoms with Gasteiger partial charge in [-0.1, -0.05) is 12.1 Å². The topological polar surface area (TPSA) is 66.8 Å². The Balaban J connectivity index is 1.96. The van der Waals surface area contributed by atoms with Crippen molar-refractivity contribution in [1.29, 1.82) is 0 Å². The molecule has 1 amide bonds. The standard InChI is InChI=1S/C16H19NO4/c1-2-21-12-5-3-4-10(8-12)15-13(16(19)20)9-14(18)17(15)11-6-7-11/h3-5,8,11,13,15H,2,6-7,9H2,1H3,(H,19,20). The highest BCUT2D eigenvalue weighted by atomic mass is 16.5. The Kier molecular flexibility index (Phi) is 3.57. The number of carboxylic acid groups (broad SMARTS) is 1. The van der Waals surface area contributed by atoms with Gasteiger partial charge >= 0.3 is 5.97 Å². The van der Waals surface area contributed by atoms with Crippen molar-refractivity contribution in [2.24, 2.45) is 5.92 Å². The van der Waals surface area contributed by atoms with Crippen LogP contribution in [0.15, 0.2) is 24.3 Å². The first-order chi connectivity index (χ1) is 10.1. The van der Waals surface area contributed by atoms with Crippen molar-refractivity contribution in [2.45, 2.75) is 38.3 Å². The number of ether oxygens (including phenoxy) is 1. The summed E-state index contributed by atoms with van der Waals surface area (Å²) in [6.07, 6.45) is 2.04. The van der Waals surface area contributed by atoms with Crippen LogP contribution in [-0.2, 0) is 9.59 Å². The lowest BCUT2D eigenvalue weighted by atomic mass is 9.93. The molecule has 3 rings (SSSR count). The maximum absolute atomic E-state index is 12.2. The number of benzene rings is 1. The van der Waals surface area contributed by atoms with E-state index in [1.54, 1.807) is 4.90 Å². The summed E-state index contributed by atoms with van der Waals surface area (Å²) >= 11 is 0. The van der Waals surface area contributed by atoms with Crippen molar-refractivity contribution in [3.63, 3.8) is 0 Å². The molecule has 1 heterocycles. The van der Waals surface area contributed by atoms with Gasteiger partial charge in [-0.25, -0.2) is 0 Å². The lowest BCUT2D eigenvalue weighted by Gasteiger charge is -2.27. The van der Waals surface area contributed by atoms with Crippen molar-refractivity contribution < 1.29 is 19.4 Å². The zero-order chi connectivity index (χ0) is 15.0. The van der Waals surface area contributed by atoms with Gasteiger partial charge in [0.1, 0.15) is 5.75 Å². The van der Waals surface area contributed by atoms with Crippen LogP contribution in [0.1, 0.15) is 37.8 Å². The SMILES string of the molecule is CCOc1cccc(C2C(C(=O)O)CC(=O)N2C2CC2)c1. The Hall–Kier alpha value is -2.04. The van der Waals surface area contributed by atoms with Crippen LogP contribution >= 0.6 is 0 Å². The number of amides is 1. The molecule has 0 aromatic heterocycles. The smallest absolute Gasteiger partial charge is 0.309 e. The molecule has 112 valence electrons. The third-order valence-corrected chi connectivity index (χ3v) is 4.13. The van der Waals surface area contributed by atoms with Crippen LogP contribution in [0, 0.1) is 5.92 Å². The molecular weight excluding hydrogens is 270 g/mol. The normalized spacial score (nSPS) is 25.2. The van der Waals surface area contributed by atoms with Gasteiger partial charge < -0.3 is 14.7 Å². The van der Waals surface area contributed by atoms with E-state index in [9.17, 15) is 14.7 Å². The summed E-state index contributed by atoms with van der Waals surface area (Å²) in [5, 5.41) is 9.45. The molecule has 2 atom stereocenters. The van der Waals surface area contributed by atoms with Gasteiger partial charge in [-0.05, 0) is 37.5 Å². The molecule has 0 spiro atoms. The molecule has 2 fully saturated rings. The fourth-order valence-corrected chi connectivity index (χ4v) is 3.11. The average molecular weight is 289 g/mol. The minimum atomic E-state index is -0.904. The molecule has 1 aromatic carbocycles. The number of hydrogen-bond acceptors (Lipinski definition) is 3. The minimum absolute atomic E-state index is 0.0447. The number of carboxylic acids is 1. The van der Waals surface area contributed by atoms with E-state index in [1.807, 2.05) is 31.2 Å². The monoisotopic (exact) mass is 289 g/mol. The van der Waals surface area contributed by atoms with Gasteiger partial charge in [0.25, 0.3) is 0 Å². The fourth-order valence-electron chi connectivity index (χ4n) is 3.11. The van der Waals surface area contributed by atoms with E-state index in [1.165, 1.54) is 0 Å². The molecule has 1 N–H and O–H groups in total. The molecule has 1 aliphatic heterocycles. The first kappa shape index (κ1) is 13.9. The van der Waals surface area contributed by atoms with Crippen LogP contribution < -0.4 is 4.74 Å². The number of carbonyl (C=O) groups is 2. The Labute approximate surface area is 123 Å². The summed E-state index contributed by atoms with van der Waals surface area (Å²) in [5.41, 5.74) is 0.853. The summed E-state index contributed by atoms with van der Waals surface area (Å²) in [4.78, 5) is 25.5. The zero-order valence-electron chi connectivity index (χ0n) is 12.0. The maximum atomic E-state index is 12.2. The van der Waals surface area contributed by atoms with E-state index in [-0.39, 0.29) is 24.4 Å². The number of likely N-dealkylation sites (tertiary alicyclic amines) is 1. The number of hydrogen-bond donors (Lipinski definition) is 1. The van der Waals surface area contributed by atoms with Crippen LogP contribution in [0.2, 0.25) is 0 Å². The summed E-state index contributed by atoms with van der Waals surface area (Å²) < 4.78 is 5.49. The molecule has 5 heteroatoms. The van der Waals surface area contributed by atoms with Crippen molar-refractivity contribution in [1.82, 2.24) is 4.90 Å².